The largest absolute Gasteiger partial charge is 0.497 e. The molecule has 4 rings (SSSR count). The van der Waals surface area contributed by atoms with Crippen LogP contribution in [0.5, 0.6) is 5.75 Å². The summed E-state index contributed by atoms with van der Waals surface area (Å²) >= 11 is 7.90. The fourth-order valence-electron chi connectivity index (χ4n) is 2.68. The molecule has 0 radical (unpaired) electrons. The summed E-state index contributed by atoms with van der Waals surface area (Å²) in [5, 5.41) is 4.19. The second-order valence-electron chi connectivity index (χ2n) is 4.99. The molecule has 1 aromatic heterocycles. The first-order valence-electron chi connectivity index (χ1n) is 6.77. The Hall–Kier alpha value is -1.92. The summed E-state index contributed by atoms with van der Waals surface area (Å²) < 4.78 is 7.29. The van der Waals surface area contributed by atoms with Crippen LogP contribution in [0.2, 0.25) is 5.15 Å². The summed E-state index contributed by atoms with van der Waals surface area (Å²) in [6.07, 6.45) is 1.81. The van der Waals surface area contributed by atoms with E-state index in [9.17, 15) is 4.79 Å². The van der Waals surface area contributed by atoms with Crippen molar-refractivity contribution in [3.63, 3.8) is 0 Å². The van der Waals surface area contributed by atoms with Crippen molar-refractivity contribution < 1.29 is 9.53 Å². The minimum Gasteiger partial charge on any atom is -0.497 e. The van der Waals surface area contributed by atoms with E-state index in [1.165, 1.54) is 0 Å². The fourth-order valence-corrected chi connectivity index (χ4v) is 3.93. The molecule has 2 aromatic rings. The number of carbonyl (C=O) groups excluding carboxylic acids is 1. The van der Waals surface area contributed by atoms with Gasteiger partial charge in [0.05, 0.1) is 18.4 Å². The van der Waals surface area contributed by atoms with Crippen molar-refractivity contribution in [3.8, 4) is 5.75 Å². The summed E-state index contributed by atoms with van der Waals surface area (Å²) in [7, 11) is 1.60. The highest BCUT2D eigenvalue weighted by atomic mass is 35.5. The fraction of sp³-hybridized carbons (Fsp3) is 0.200. The Bertz CT molecular complexity index is 828. The lowest BCUT2D eigenvalue weighted by Gasteiger charge is -2.04. The molecule has 22 heavy (non-hydrogen) atoms. The average molecular weight is 334 g/mol. The van der Waals surface area contributed by atoms with Crippen molar-refractivity contribution in [2.45, 2.75) is 11.7 Å². The van der Waals surface area contributed by atoms with Gasteiger partial charge in [0.2, 0.25) is 0 Å². The number of nitrogens with one attached hydrogen (secondary N) is 1. The number of nitrogens with zero attached hydrogens (tertiary/aromatic N) is 2. The number of amides is 1. The van der Waals surface area contributed by atoms with Crippen LogP contribution in [-0.2, 0) is 11.3 Å². The number of benzene rings is 1. The standard InChI is InChI=1S/C15H12ClN3O2S/c1-21-8-2-3-11-9(6-8)10(14(20)17-11)7-12-13(16)18-15-19(12)4-5-22-15/h2-3,6-7H,4-5H2,1H3,(H,17,20)/b10-7+. The number of thioether (sulfide) groups is 1. The van der Waals surface area contributed by atoms with Crippen LogP contribution in [0.25, 0.3) is 11.6 Å². The van der Waals surface area contributed by atoms with Gasteiger partial charge in [0.1, 0.15) is 5.75 Å². The number of halogens is 1. The SMILES string of the molecule is COc1ccc2c(c1)/C(=C\c1c(Cl)nc3n1CCS3)C(=O)N2. The molecular formula is C15H12ClN3O2S. The molecule has 0 saturated heterocycles. The zero-order chi connectivity index (χ0) is 15.3. The smallest absolute Gasteiger partial charge is 0.256 e. The van der Waals surface area contributed by atoms with E-state index in [0.717, 1.165) is 34.4 Å². The van der Waals surface area contributed by atoms with E-state index in [1.54, 1.807) is 18.9 Å². The number of ether oxygens (including phenoxy) is 1. The maximum absolute atomic E-state index is 12.3. The molecule has 1 aromatic carbocycles. The van der Waals surface area contributed by atoms with E-state index in [-0.39, 0.29) is 5.91 Å². The molecule has 1 N–H and O–H groups in total. The molecule has 0 bridgehead atoms. The van der Waals surface area contributed by atoms with Crippen LogP contribution in [0.15, 0.2) is 23.4 Å². The average Bonchev–Trinajstić information content (AvgIpc) is 3.15. The number of methoxy groups -OCH3 is 1. The van der Waals surface area contributed by atoms with Crippen LogP contribution < -0.4 is 10.1 Å². The minimum atomic E-state index is -0.138. The Morgan fingerprint density at radius 2 is 2.36 bits per heavy atom. The van der Waals surface area contributed by atoms with Crippen LogP contribution in [-0.4, -0.2) is 28.3 Å². The van der Waals surface area contributed by atoms with Gasteiger partial charge in [0.25, 0.3) is 5.91 Å². The molecule has 2 aliphatic heterocycles. The summed E-state index contributed by atoms with van der Waals surface area (Å²) in [5.41, 5.74) is 2.96. The van der Waals surface area contributed by atoms with Gasteiger partial charge in [-0.3, -0.25) is 4.79 Å². The second-order valence-corrected chi connectivity index (χ2v) is 6.41. The quantitative estimate of drug-likeness (QED) is 0.858. The van der Waals surface area contributed by atoms with Gasteiger partial charge >= 0.3 is 0 Å². The number of aromatic nitrogens is 2. The van der Waals surface area contributed by atoms with Crippen LogP contribution >= 0.6 is 23.4 Å². The number of hydrogen-bond acceptors (Lipinski definition) is 4. The second kappa shape index (κ2) is 5.07. The monoisotopic (exact) mass is 333 g/mol. The topological polar surface area (TPSA) is 56.2 Å². The maximum atomic E-state index is 12.3. The molecule has 3 heterocycles. The van der Waals surface area contributed by atoms with Gasteiger partial charge in [-0.15, -0.1) is 0 Å². The van der Waals surface area contributed by atoms with Gasteiger partial charge in [0, 0.05) is 23.5 Å². The Kier molecular flexibility index (Phi) is 3.16. The first kappa shape index (κ1) is 13.7. The Morgan fingerprint density at radius 1 is 1.50 bits per heavy atom. The van der Waals surface area contributed by atoms with E-state index in [0.29, 0.717) is 16.5 Å². The summed E-state index contributed by atoms with van der Waals surface area (Å²) in [6.45, 7) is 0.853. The number of rotatable bonds is 2. The zero-order valence-corrected chi connectivity index (χ0v) is 13.3. The molecule has 0 spiro atoms. The van der Waals surface area contributed by atoms with Crippen LogP contribution in [0.3, 0.4) is 0 Å². The van der Waals surface area contributed by atoms with E-state index >= 15 is 0 Å². The van der Waals surface area contributed by atoms with E-state index in [2.05, 4.69) is 10.3 Å². The maximum Gasteiger partial charge on any atom is 0.256 e. The predicted molar refractivity (Wildman–Crippen MR) is 87.5 cm³/mol. The third-order valence-corrected chi connectivity index (χ3v) is 5.00. The van der Waals surface area contributed by atoms with E-state index in [1.807, 2.05) is 28.8 Å². The lowest BCUT2D eigenvalue weighted by Crippen LogP contribution is -2.04. The van der Waals surface area contributed by atoms with Gasteiger partial charge in [-0.1, -0.05) is 23.4 Å². The highest BCUT2D eigenvalue weighted by molar-refractivity contribution is 7.99. The number of carbonyl (C=O) groups is 1. The van der Waals surface area contributed by atoms with Crippen molar-refractivity contribution in [3.05, 3.63) is 34.6 Å². The van der Waals surface area contributed by atoms with Gasteiger partial charge in [-0.25, -0.2) is 4.98 Å². The Balaban J connectivity index is 1.85. The van der Waals surface area contributed by atoms with Crippen molar-refractivity contribution in [2.75, 3.05) is 18.2 Å². The minimum absolute atomic E-state index is 0.138. The summed E-state index contributed by atoms with van der Waals surface area (Å²) in [4.78, 5) is 16.6. The van der Waals surface area contributed by atoms with Gasteiger partial charge < -0.3 is 14.6 Å². The highest BCUT2D eigenvalue weighted by Crippen LogP contribution is 2.38. The third kappa shape index (κ3) is 2.02. The number of hydrogen-bond donors (Lipinski definition) is 1. The molecule has 1 amide bonds. The number of anilines is 1. The molecular weight excluding hydrogens is 322 g/mol. The molecule has 0 atom stereocenters. The lowest BCUT2D eigenvalue weighted by atomic mass is 10.1. The van der Waals surface area contributed by atoms with Gasteiger partial charge in [-0.05, 0) is 24.3 Å². The van der Waals surface area contributed by atoms with Gasteiger partial charge in [-0.2, -0.15) is 0 Å². The molecule has 0 fully saturated rings. The molecule has 5 nitrogen and oxygen atoms in total. The predicted octanol–water partition coefficient (Wildman–Crippen LogP) is 3.14. The number of imidazole rings is 1. The van der Waals surface area contributed by atoms with Crippen LogP contribution in [0, 0.1) is 0 Å². The Labute approximate surface area is 136 Å². The highest BCUT2D eigenvalue weighted by Gasteiger charge is 2.27. The summed E-state index contributed by atoms with van der Waals surface area (Å²) in [5.74, 6) is 1.55. The normalized spacial score (nSPS) is 17.5. The molecule has 2 aliphatic rings. The molecule has 112 valence electrons. The first-order chi connectivity index (χ1) is 10.7. The molecule has 0 aliphatic carbocycles. The van der Waals surface area contributed by atoms with E-state index < -0.39 is 0 Å². The summed E-state index contributed by atoms with van der Waals surface area (Å²) in [6, 6.07) is 5.51. The van der Waals surface area contributed by atoms with Crippen molar-refractivity contribution in [2.24, 2.45) is 0 Å². The van der Waals surface area contributed by atoms with Crippen molar-refractivity contribution >= 4 is 46.6 Å². The van der Waals surface area contributed by atoms with Crippen LogP contribution in [0.4, 0.5) is 5.69 Å². The molecule has 0 saturated carbocycles. The lowest BCUT2D eigenvalue weighted by molar-refractivity contribution is -0.110. The van der Waals surface area contributed by atoms with Crippen molar-refractivity contribution in [1.29, 1.82) is 0 Å². The number of fused-ring (bicyclic) bond motifs is 2. The Morgan fingerprint density at radius 3 is 3.18 bits per heavy atom. The van der Waals surface area contributed by atoms with Crippen molar-refractivity contribution in [1.82, 2.24) is 9.55 Å². The van der Waals surface area contributed by atoms with Crippen LogP contribution in [0.1, 0.15) is 11.3 Å². The van der Waals surface area contributed by atoms with Gasteiger partial charge in [0.15, 0.2) is 10.3 Å². The molecule has 7 heteroatoms. The first-order valence-corrected chi connectivity index (χ1v) is 8.14. The zero-order valence-electron chi connectivity index (χ0n) is 11.7. The third-order valence-electron chi connectivity index (χ3n) is 3.76. The molecule has 0 unspecified atom stereocenters. The van der Waals surface area contributed by atoms with E-state index in [4.69, 9.17) is 16.3 Å².